The summed E-state index contributed by atoms with van der Waals surface area (Å²) in [5, 5.41) is 0.506. The molecule has 2 N–H and O–H groups in total. The molecule has 2 nitrogen and oxygen atoms in total. The molecule has 0 spiro atoms. The smallest absolute Gasteiger partial charge is 0.339 e. The molecule has 0 heterocycles. The highest BCUT2D eigenvalue weighted by Crippen LogP contribution is 2.49. The van der Waals surface area contributed by atoms with Gasteiger partial charge in [-0.2, -0.15) is 17.6 Å². The van der Waals surface area contributed by atoms with Crippen molar-refractivity contribution in [2.75, 3.05) is 0 Å². The Balaban J connectivity index is 2.54. The van der Waals surface area contributed by atoms with Gasteiger partial charge in [-0.05, 0) is 36.6 Å². The zero-order valence-corrected chi connectivity index (χ0v) is 17.0. The normalized spacial score (nSPS) is 13.8. The molecule has 0 aliphatic carbocycles. The molecule has 2 aromatic carbocycles. The molecule has 0 radical (unpaired) electrons. The molecule has 0 atom stereocenters. The van der Waals surface area contributed by atoms with Gasteiger partial charge in [0.2, 0.25) is 16.6 Å². The maximum Gasteiger partial charge on any atom is 0.339 e. The summed E-state index contributed by atoms with van der Waals surface area (Å²) in [7, 11) is -5.84. The minimum absolute atomic E-state index is 0.253. The summed E-state index contributed by atoms with van der Waals surface area (Å²) in [4.78, 5) is 20.2. The molecular weight excluding hydrogens is 380 g/mol. The van der Waals surface area contributed by atoms with Crippen LogP contribution in [-0.4, -0.2) is 26.2 Å². The Morgan fingerprint density at radius 3 is 1.23 bits per heavy atom. The van der Waals surface area contributed by atoms with Crippen molar-refractivity contribution in [3.8, 4) is 0 Å². The van der Waals surface area contributed by atoms with Crippen LogP contribution in [0.4, 0.5) is 17.6 Å². The minimum Gasteiger partial charge on any atom is -0.428 e. The molecule has 26 heavy (non-hydrogen) atoms. The van der Waals surface area contributed by atoms with Crippen molar-refractivity contribution in [3.63, 3.8) is 0 Å². The fraction of sp³-hybridized carbons (Fsp3) is 0.333. The number of halogens is 4. The lowest BCUT2D eigenvalue weighted by Crippen LogP contribution is -2.44. The largest absolute Gasteiger partial charge is 0.428 e. The lowest BCUT2D eigenvalue weighted by Gasteiger charge is -2.29. The Morgan fingerprint density at radius 1 is 0.654 bits per heavy atom. The first-order valence-electron chi connectivity index (χ1n) is 8.10. The number of hydrogen-bond acceptors (Lipinski definition) is 2. The van der Waals surface area contributed by atoms with Crippen molar-refractivity contribution in [1.29, 1.82) is 0 Å². The van der Waals surface area contributed by atoms with E-state index in [9.17, 15) is 27.2 Å². The average Bonchev–Trinajstić information content (AvgIpc) is 2.53. The van der Waals surface area contributed by atoms with Gasteiger partial charge in [0.05, 0.1) is 0 Å². The molecule has 0 fully saturated rings. The molecule has 0 aromatic heterocycles. The van der Waals surface area contributed by atoms with Crippen molar-refractivity contribution >= 4 is 27.0 Å². The summed E-state index contributed by atoms with van der Waals surface area (Å²) in [5.74, 6) is -8.94. The highest BCUT2D eigenvalue weighted by atomic mass is 28.4. The second-order valence-electron chi connectivity index (χ2n) is 7.43. The second-order valence-corrected chi connectivity index (χ2v) is 14.8. The average molecular weight is 403 g/mol. The van der Waals surface area contributed by atoms with Crippen LogP contribution in [0.2, 0.25) is 26.2 Å². The lowest BCUT2D eigenvalue weighted by atomic mass is 9.96. The van der Waals surface area contributed by atoms with E-state index in [2.05, 4.69) is 0 Å². The molecule has 0 bridgehead atoms. The maximum absolute atomic E-state index is 14.7. The van der Waals surface area contributed by atoms with Crippen LogP contribution in [0.25, 0.3) is 0 Å². The Bertz CT molecular complexity index is 729. The fourth-order valence-electron chi connectivity index (χ4n) is 2.55. The summed E-state index contributed by atoms with van der Waals surface area (Å²) < 4.78 is 59.0. The van der Waals surface area contributed by atoms with Gasteiger partial charge in [-0.3, -0.25) is 0 Å². The summed E-state index contributed by atoms with van der Waals surface area (Å²) >= 11 is 0. The summed E-state index contributed by atoms with van der Waals surface area (Å²) in [6.45, 7) is 6.11. The van der Waals surface area contributed by atoms with E-state index in [4.69, 9.17) is 0 Å². The van der Waals surface area contributed by atoms with Gasteiger partial charge in [0.25, 0.3) is 0 Å². The predicted octanol–water partition coefficient (Wildman–Crippen LogP) is 3.38. The SMILES string of the molecule is C[Si](C)(O)c1cccc(C(F)(F)C(F)(F)c2cccc([Si](C)(C)O)c2)c1. The van der Waals surface area contributed by atoms with E-state index < -0.39 is 39.6 Å². The van der Waals surface area contributed by atoms with Crippen LogP contribution in [0, 0.1) is 0 Å². The van der Waals surface area contributed by atoms with Gasteiger partial charge in [0.1, 0.15) is 0 Å². The van der Waals surface area contributed by atoms with Gasteiger partial charge in [-0.25, -0.2) is 0 Å². The third-order valence-electron chi connectivity index (χ3n) is 4.26. The zero-order valence-electron chi connectivity index (χ0n) is 15.0. The van der Waals surface area contributed by atoms with Gasteiger partial charge >= 0.3 is 11.8 Å². The van der Waals surface area contributed by atoms with Crippen molar-refractivity contribution in [2.45, 2.75) is 38.0 Å². The standard InChI is InChI=1S/C18H22F4O2Si2/c1-25(2,23)15-9-5-7-13(11-15)17(19,20)18(21,22)14-8-6-10-16(12-14)26(3,4)24/h5-12,23-24H,1-4H3. The maximum atomic E-state index is 14.7. The summed E-state index contributed by atoms with van der Waals surface area (Å²) in [6.07, 6.45) is 0. The molecule has 8 heteroatoms. The first-order chi connectivity index (χ1) is 11.7. The molecule has 0 saturated heterocycles. The van der Waals surface area contributed by atoms with Crippen molar-refractivity contribution in [2.24, 2.45) is 0 Å². The Hall–Kier alpha value is -1.49. The van der Waals surface area contributed by atoms with E-state index >= 15 is 0 Å². The monoisotopic (exact) mass is 402 g/mol. The predicted molar refractivity (Wildman–Crippen MR) is 99.3 cm³/mol. The first kappa shape index (κ1) is 20.8. The third kappa shape index (κ3) is 3.93. The van der Waals surface area contributed by atoms with Gasteiger partial charge in [0, 0.05) is 11.1 Å². The molecule has 0 amide bonds. The molecule has 2 rings (SSSR count). The third-order valence-corrected chi connectivity index (χ3v) is 7.71. The Kier molecular flexibility index (Phi) is 5.28. The first-order valence-corrected chi connectivity index (χ1v) is 14.0. The summed E-state index contributed by atoms with van der Waals surface area (Å²) in [5.41, 5.74) is -1.69. The second kappa shape index (κ2) is 6.59. The highest BCUT2D eigenvalue weighted by molar-refractivity contribution is 6.83. The van der Waals surface area contributed by atoms with E-state index in [-0.39, 0.29) is 10.4 Å². The van der Waals surface area contributed by atoms with Crippen LogP contribution in [0.15, 0.2) is 48.5 Å². The molecular formula is C18H22F4O2Si2. The molecule has 0 saturated carbocycles. The topological polar surface area (TPSA) is 40.5 Å². The molecule has 2 aromatic rings. The van der Waals surface area contributed by atoms with E-state index in [0.29, 0.717) is 0 Å². The van der Waals surface area contributed by atoms with E-state index in [0.717, 1.165) is 24.3 Å². The molecule has 0 unspecified atom stereocenters. The van der Waals surface area contributed by atoms with Crippen LogP contribution in [-0.2, 0) is 11.8 Å². The van der Waals surface area contributed by atoms with Crippen LogP contribution in [0.5, 0.6) is 0 Å². The van der Waals surface area contributed by atoms with E-state index in [1.807, 2.05) is 0 Å². The number of hydrogen-bond donors (Lipinski definition) is 2. The highest BCUT2D eigenvalue weighted by Gasteiger charge is 2.58. The lowest BCUT2D eigenvalue weighted by molar-refractivity contribution is -0.223. The summed E-state index contributed by atoms with van der Waals surface area (Å²) in [6, 6.07) is 9.20. The van der Waals surface area contributed by atoms with Crippen molar-refractivity contribution in [3.05, 3.63) is 59.7 Å². The zero-order chi connectivity index (χ0) is 20.0. The van der Waals surface area contributed by atoms with Crippen LogP contribution in [0.3, 0.4) is 0 Å². The van der Waals surface area contributed by atoms with Crippen molar-refractivity contribution in [1.82, 2.24) is 0 Å². The fourth-order valence-corrected chi connectivity index (χ4v) is 4.58. The van der Waals surface area contributed by atoms with Crippen LogP contribution >= 0.6 is 0 Å². The van der Waals surface area contributed by atoms with E-state index in [1.165, 1.54) is 50.5 Å². The van der Waals surface area contributed by atoms with E-state index in [1.54, 1.807) is 0 Å². The number of rotatable bonds is 5. The molecule has 142 valence electrons. The van der Waals surface area contributed by atoms with Crippen LogP contribution < -0.4 is 10.4 Å². The molecule has 0 aliphatic heterocycles. The van der Waals surface area contributed by atoms with Gasteiger partial charge < -0.3 is 9.59 Å². The minimum atomic E-state index is -4.47. The van der Waals surface area contributed by atoms with Gasteiger partial charge in [-0.1, -0.05) is 48.5 Å². The number of alkyl halides is 4. The van der Waals surface area contributed by atoms with Gasteiger partial charge in [-0.15, -0.1) is 0 Å². The van der Waals surface area contributed by atoms with Crippen LogP contribution in [0.1, 0.15) is 11.1 Å². The Labute approximate surface area is 152 Å². The number of benzene rings is 2. The quantitative estimate of drug-likeness (QED) is 0.595. The van der Waals surface area contributed by atoms with Crippen molar-refractivity contribution < 1.29 is 27.2 Å². The van der Waals surface area contributed by atoms with Gasteiger partial charge in [0.15, 0.2) is 0 Å². The Morgan fingerprint density at radius 2 is 0.962 bits per heavy atom. The molecule has 0 aliphatic rings.